The van der Waals surface area contributed by atoms with Gasteiger partial charge in [-0.05, 0) is 41.9 Å². The molecule has 2 aromatic heterocycles. The Bertz CT molecular complexity index is 585. The van der Waals surface area contributed by atoms with Crippen LogP contribution in [0.4, 0.5) is 0 Å². The van der Waals surface area contributed by atoms with E-state index in [0.29, 0.717) is 18.1 Å². The molecule has 7 heteroatoms. The summed E-state index contributed by atoms with van der Waals surface area (Å²) in [6.45, 7) is 3.72. The first-order chi connectivity index (χ1) is 9.13. The minimum Gasteiger partial charge on any atom is -0.465 e. The molecule has 19 heavy (non-hydrogen) atoms. The Kier molecular flexibility index (Phi) is 4.26. The number of hydrogen-bond donors (Lipinski definition) is 0. The van der Waals surface area contributed by atoms with Gasteiger partial charge in [-0.3, -0.25) is 9.78 Å². The molecule has 2 rings (SSSR count). The highest BCUT2D eigenvalue weighted by atomic mass is 79.9. The molecule has 0 aliphatic carbocycles. The van der Waals surface area contributed by atoms with E-state index in [0.717, 1.165) is 4.47 Å². The average molecular weight is 326 g/mol. The van der Waals surface area contributed by atoms with Crippen molar-refractivity contribution in [2.45, 2.75) is 19.8 Å². The van der Waals surface area contributed by atoms with Crippen molar-refractivity contribution >= 4 is 21.9 Å². The fourth-order valence-electron chi connectivity index (χ4n) is 1.43. The second-order valence-electron chi connectivity index (χ2n) is 3.76. The van der Waals surface area contributed by atoms with Crippen molar-refractivity contribution in [1.29, 1.82) is 0 Å². The van der Waals surface area contributed by atoms with Crippen LogP contribution in [0.3, 0.4) is 0 Å². The molecule has 100 valence electrons. The monoisotopic (exact) mass is 325 g/mol. The predicted molar refractivity (Wildman–Crippen MR) is 70.3 cm³/mol. The van der Waals surface area contributed by atoms with Crippen LogP contribution in [0.15, 0.2) is 27.3 Å². The van der Waals surface area contributed by atoms with Crippen LogP contribution in [0.2, 0.25) is 0 Å². The lowest BCUT2D eigenvalue weighted by Gasteiger charge is -2.04. The molecule has 0 saturated heterocycles. The molecular weight excluding hydrogens is 314 g/mol. The van der Waals surface area contributed by atoms with Crippen LogP contribution in [0.1, 0.15) is 25.7 Å². The summed E-state index contributed by atoms with van der Waals surface area (Å²) in [4.78, 5) is 19.9. The molecule has 0 fully saturated rings. The van der Waals surface area contributed by atoms with E-state index in [2.05, 4.69) is 31.1 Å². The summed E-state index contributed by atoms with van der Waals surface area (Å²) in [5, 5.41) is 3.82. The van der Waals surface area contributed by atoms with E-state index in [9.17, 15) is 4.79 Å². The molecule has 2 heterocycles. The van der Waals surface area contributed by atoms with Gasteiger partial charge in [-0.25, -0.2) is 0 Å². The van der Waals surface area contributed by atoms with Crippen molar-refractivity contribution in [3.05, 3.63) is 28.7 Å². The number of carbonyl (C=O) groups excluding carboxylic acids is 1. The number of nitrogens with zero attached hydrogens (tertiary/aromatic N) is 3. The standard InChI is InChI=1S/C12H12BrN3O3/c1-3-18-12(17)7(2)11-15-10(16-19-11)9-8(13)5-4-6-14-9/h4-7H,3H2,1-2H3. The van der Waals surface area contributed by atoms with E-state index in [4.69, 9.17) is 9.26 Å². The Morgan fingerprint density at radius 3 is 3.05 bits per heavy atom. The molecule has 6 nitrogen and oxygen atoms in total. The maximum absolute atomic E-state index is 11.6. The topological polar surface area (TPSA) is 78.1 Å². The van der Waals surface area contributed by atoms with Crippen LogP contribution < -0.4 is 0 Å². The quantitative estimate of drug-likeness (QED) is 0.804. The van der Waals surface area contributed by atoms with Crippen LogP contribution in [0.5, 0.6) is 0 Å². The van der Waals surface area contributed by atoms with Crippen LogP contribution >= 0.6 is 15.9 Å². The minimum absolute atomic E-state index is 0.214. The Hall–Kier alpha value is -1.76. The van der Waals surface area contributed by atoms with Gasteiger partial charge in [0.1, 0.15) is 11.6 Å². The van der Waals surface area contributed by atoms with Crippen molar-refractivity contribution < 1.29 is 14.1 Å². The number of pyridine rings is 1. The number of hydrogen-bond acceptors (Lipinski definition) is 6. The molecule has 2 aromatic rings. The van der Waals surface area contributed by atoms with Gasteiger partial charge in [0.05, 0.1) is 6.61 Å². The molecule has 0 saturated carbocycles. The lowest BCUT2D eigenvalue weighted by Crippen LogP contribution is -2.13. The zero-order valence-corrected chi connectivity index (χ0v) is 12.0. The first-order valence-corrected chi connectivity index (χ1v) is 6.54. The molecule has 0 bridgehead atoms. The Labute approximate surface area is 118 Å². The molecule has 0 radical (unpaired) electrons. The summed E-state index contributed by atoms with van der Waals surface area (Å²) in [6.07, 6.45) is 1.63. The normalized spacial score (nSPS) is 12.2. The second-order valence-corrected chi connectivity index (χ2v) is 4.62. The molecule has 1 atom stereocenters. The summed E-state index contributed by atoms with van der Waals surface area (Å²) in [7, 11) is 0. The van der Waals surface area contributed by atoms with Crippen LogP contribution in [-0.4, -0.2) is 27.7 Å². The van der Waals surface area contributed by atoms with E-state index in [1.165, 1.54) is 0 Å². The van der Waals surface area contributed by atoms with Crippen molar-refractivity contribution in [3.8, 4) is 11.5 Å². The fraction of sp³-hybridized carbons (Fsp3) is 0.333. The maximum Gasteiger partial charge on any atom is 0.318 e. The molecule has 1 unspecified atom stereocenters. The first kappa shape index (κ1) is 13.7. The second kappa shape index (κ2) is 5.92. The summed E-state index contributed by atoms with van der Waals surface area (Å²) in [5.74, 6) is -0.439. The zero-order chi connectivity index (χ0) is 13.8. The van der Waals surface area contributed by atoms with E-state index >= 15 is 0 Å². The third kappa shape index (κ3) is 2.98. The Balaban J connectivity index is 2.24. The van der Waals surface area contributed by atoms with Crippen molar-refractivity contribution in [2.24, 2.45) is 0 Å². The predicted octanol–water partition coefficient (Wildman–Crippen LogP) is 2.56. The number of aromatic nitrogens is 3. The summed E-state index contributed by atoms with van der Waals surface area (Å²) in [5.41, 5.74) is 0.563. The van der Waals surface area contributed by atoms with Gasteiger partial charge in [0.2, 0.25) is 11.7 Å². The van der Waals surface area contributed by atoms with E-state index < -0.39 is 11.9 Å². The van der Waals surface area contributed by atoms with E-state index in [1.54, 1.807) is 26.1 Å². The van der Waals surface area contributed by atoms with Gasteiger partial charge in [0, 0.05) is 10.7 Å². The van der Waals surface area contributed by atoms with Gasteiger partial charge in [0.25, 0.3) is 0 Å². The van der Waals surface area contributed by atoms with Gasteiger partial charge < -0.3 is 9.26 Å². The van der Waals surface area contributed by atoms with Gasteiger partial charge in [-0.2, -0.15) is 4.98 Å². The highest BCUT2D eigenvalue weighted by Crippen LogP contribution is 2.24. The van der Waals surface area contributed by atoms with Gasteiger partial charge in [-0.15, -0.1) is 0 Å². The van der Waals surface area contributed by atoms with Gasteiger partial charge >= 0.3 is 5.97 Å². The molecule has 0 aromatic carbocycles. The molecule has 0 aliphatic heterocycles. The highest BCUT2D eigenvalue weighted by Gasteiger charge is 2.24. The molecule has 0 N–H and O–H groups in total. The number of ether oxygens (including phenoxy) is 1. The van der Waals surface area contributed by atoms with Gasteiger partial charge in [0.15, 0.2) is 0 Å². The SMILES string of the molecule is CCOC(=O)C(C)c1nc(-c2ncccc2Br)no1. The number of rotatable bonds is 4. The van der Waals surface area contributed by atoms with Crippen LogP contribution in [0, 0.1) is 0 Å². The van der Waals surface area contributed by atoms with E-state index in [1.807, 2.05) is 6.07 Å². The third-order valence-corrected chi connectivity index (χ3v) is 3.06. The lowest BCUT2D eigenvalue weighted by atomic mass is 10.2. The molecule has 0 spiro atoms. The highest BCUT2D eigenvalue weighted by molar-refractivity contribution is 9.10. The molecule has 0 aliphatic rings. The fourth-order valence-corrected chi connectivity index (χ4v) is 1.86. The largest absolute Gasteiger partial charge is 0.465 e. The Morgan fingerprint density at radius 2 is 2.37 bits per heavy atom. The summed E-state index contributed by atoms with van der Waals surface area (Å²) in [6, 6.07) is 3.61. The van der Waals surface area contributed by atoms with Crippen molar-refractivity contribution in [2.75, 3.05) is 6.61 Å². The average Bonchev–Trinajstić information content (AvgIpc) is 2.88. The summed E-state index contributed by atoms with van der Waals surface area (Å²) >= 11 is 3.36. The molecular formula is C12H12BrN3O3. The maximum atomic E-state index is 11.6. The number of carbonyl (C=O) groups is 1. The van der Waals surface area contributed by atoms with Crippen molar-refractivity contribution in [3.63, 3.8) is 0 Å². The third-order valence-electron chi connectivity index (χ3n) is 2.42. The smallest absolute Gasteiger partial charge is 0.318 e. The van der Waals surface area contributed by atoms with Gasteiger partial charge in [-0.1, -0.05) is 5.16 Å². The van der Waals surface area contributed by atoms with E-state index in [-0.39, 0.29) is 5.89 Å². The molecule has 0 amide bonds. The Morgan fingerprint density at radius 1 is 1.58 bits per heavy atom. The van der Waals surface area contributed by atoms with Crippen LogP contribution in [0.25, 0.3) is 11.5 Å². The number of halogens is 1. The summed E-state index contributed by atoms with van der Waals surface area (Å²) < 4.78 is 10.7. The van der Waals surface area contributed by atoms with Crippen molar-refractivity contribution in [1.82, 2.24) is 15.1 Å². The lowest BCUT2D eigenvalue weighted by molar-refractivity contribution is -0.145. The van der Waals surface area contributed by atoms with Crippen LogP contribution in [-0.2, 0) is 9.53 Å². The first-order valence-electron chi connectivity index (χ1n) is 5.74. The minimum atomic E-state index is -0.594. The zero-order valence-electron chi connectivity index (χ0n) is 10.5. The number of esters is 1.